The van der Waals surface area contributed by atoms with Gasteiger partial charge in [0.1, 0.15) is 18.0 Å². The van der Waals surface area contributed by atoms with E-state index in [1.165, 1.54) is 11.8 Å². The number of para-hydroxylation sites is 1. The Morgan fingerprint density at radius 2 is 2.24 bits per heavy atom. The van der Waals surface area contributed by atoms with Gasteiger partial charge in [-0.2, -0.15) is 0 Å². The average molecular weight is 284 g/mol. The van der Waals surface area contributed by atoms with Crippen molar-refractivity contribution in [1.82, 2.24) is 9.97 Å². The van der Waals surface area contributed by atoms with Crippen molar-refractivity contribution in [3.63, 3.8) is 0 Å². The highest BCUT2D eigenvalue weighted by Gasteiger charge is 2.27. The Morgan fingerprint density at radius 1 is 1.43 bits per heavy atom. The van der Waals surface area contributed by atoms with Crippen molar-refractivity contribution in [3.05, 3.63) is 47.4 Å². The van der Waals surface area contributed by atoms with Crippen LogP contribution in [0.2, 0.25) is 0 Å². The fourth-order valence-electron chi connectivity index (χ4n) is 2.49. The van der Waals surface area contributed by atoms with E-state index < -0.39 is 0 Å². The monoisotopic (exact) mass is 284 g/mol. The summed E-state index contributed by atoms with van der Waals surface area (Å²) in [5.41, 5.74) is 8.31. The van der Waals surface area contributed by atoms with E-state index >= 15 is 0 Å². The Balaban J connectivity index is 1.90. The number of nitrogen functional groups attached to an aromatic ring is 1. The third-order valence-electron chi connectivity index (χ3n) is 3.50. The summed E-state index contributed by atoms with van der Waals surface area (Å²) in [6.07, 6.45) is 2.32. The molecule has 0 aliphatic carbocycles. The van der Waals surface area contributed by atoms with Crippen LogP contribution in [0.5, 0.6) is 0 Å². The molecule has 1 aromatic carbocycles. The summed E-state index contributed by atoms with van der Waals surface area (Å²) in [4.78, 5) is 22.6. The predicted octanol–water partition coefficient (Wildman–Crippen LogP) is 1.41. The minimum absolute atomic E-state index is 0.165. The Bertz CT molecular complexity index is 687. The molecule has 2 aromatic rings. The molecule has 21 heavy (non-hydrogen) atoms. The van der Waals surface area contributed by atoms with Gasteiger partial charge in [0.15, 0.2) is 5.82 Å². The zero-order chi connectivity index (χ0) is 14.8. The van der Waals surface area contributed by atoms with Gasteiger partial charge in [-0.3, -0.25) is 4.79 Å². The molecule has 0 spiro atoms. The van der Waals surface area contributed by atoms with E-state index in [1.807, 2.05) is 24.3 Å². The van der Waals surface area contributed by atoms with Crippen LogP contribution in [0.25, 0.3) is 0 Å². The smallest absolute Gasteiger partial charge is 0.263 e. The zero-order valence-electron chi connectivity index (χ0n) is 11.7. The number of benzene rings is 1. The topological polar surface area (TPSA) is 81.3 Å². The highest BCUT2D eigenvalue weighted by Crippen LogP contribution is 2.29. The number of hydrogen-bond donors (Lipinski definition) is 1. The molecule has 1 aliphatic rings. The second-order valence-corrected chi connectivity index (χ2v) is 4.85. The maximum Gasteiger partial charge on any atom is 0.263 e. The van der Waals surface area contributed by atoms with Gasteiger partial charge in [0.05, 0.1) is 0 Å². The summed E-state index contributed by atoms with van der Waals surface area (Å²) in [6, 6.07) is 7.87. The van der Waals surface area contributed by atoms with Crippen molar-refractivity contribution in [2.45, 2.75) is 13.0 Å². The number of anilines is 2. The Kier molecular flexibility index (Phi) is 3.53. The van der Waals surface area contributed by atoms with Gasteiger partial charge in [-0.05, 0) is 18.1 Å². The summed E-state index contributed by atoms with van der Waals surface area (Å²) in [6.45, 7) is 0.919. The van der Waals surface area contributed by atoms with Crippen LogP contribution in [0.15, 0.2) is 30.5 Å². The van der Waals surface area contributed by atoms with Crippen LogP contribution in [0.1, 0.15) is 21.7 Å². The second kappa shape index (κ2) is 5.49. The van der Waals surface area contributed by atoms with Crippen LogP contribution in [-0.2, 0) is 17.8 Å². The maximum atomic E-state index is 12.6. The molecule has 2 N–H and O–H groups in total. The van der Waals surface area contributed by atoms with Gasteiger partial charge >= 0.3 is 0 Å². The number of hydrogen-bond acceptors (Lipinski definition) is 5. The van der Waals surface area contributed by atoms with Crippen LogP contribution < -0.4 is 10.6 Å². The third kappa shape index (κ3) is 2.45. The van der Waals surface area contributed by atoms with Crippen LogP contribution in [0.4, 0.5) is 11.5 Å². The van der Waals surface area contributed by atoms with E-state index in [-0.39, 0.29) is 18.3 Å². The number of fused-ring (bicyclic) bond motifs is 1. The van der Waals surface area contributed by atoms with E-state index in [4.69, 9.17) is 10.5 Å². The van der Waals surface area contributed by atoms with Gasteiger partial charge < -0.3 is 15.4 Å². The van der Waals surface area contributed by atoms with E-state index in [0.29, 0.717) is 17.9 Å². The molecule has 6 nitrogen and oxygen atoms in total. The zero-order valence-corrected chi connectivity index (χ0v) is 11.7. The minimum Gasteiger partial charge on any atom is -0.383 e. The molecule has 0 saturated heterocycles. The van der Waals surface area contributed by atoms with Crippen LogP contribution in [0.3, 0.4) is 0 Å². The summed E-state index contributed by atoms with van der Waals surface area (Å²) in [5.74, 6) is 0.487. The summed E-state index contributed by atoms with van der Waals surface area (Å²) < 4.78 is 4.95. The Hall–Kier alpha value is -2.47. The first-order valence-corrected chi connectivity index (χ1v) is 6.71. The quantitative estimate of drug-likeness (QED) is 0.921. The highest BCUT2D eigenvalue weighted by molar-refractivity contribution is 6.09. The van der Waals surface area contributed by atoms with Crippen LogP contribution >= 0.6 is 0 Å². The molecule has 0 saturated carbocycles. The van der Waals surface area contributed by atoms with Crippen molar-refractivity contribution >= 4 is 17.4 Å². The summed E-state index contributed by atoms with van der Waals surface area (Å²) in [7, 11) is 1.56. The fourth-order valence-corrected chi connectivity index (χ4v) is 2.49. The van der Waals surface area contributed by atoms with Gasteiger partial charge in [0.2, 0.25) is 0 Å². The number of aromatic nitrogens is 2. The Morgan fingerprint density at radius 3 is 3.00 bits per heavy atom. The predicted molar refractivity (Wildman–Crippen MR) is 79.0 cm³/mol. The first kappa shape index (κ1) is 13.5. The number of ether oxygens (including phenoxy) is 1. The summed E-state index contributed by atoms with van der Waals surface area (Å²) >= 11 is 0. The molecular formula is C15H16N4O2. The molecule has 1 aromatic heterocycles. The van der Waals surface area contributed by atoms with E-state index in [0.717, 1.165) is 12.1 Å². The molecule has 1 aliphatic heterocycles. The van der Waals surface area contributed by atoms with E-state index in [2.05, 4.69) is 9.97 Å². The molecular weight excluding hydrogens is 268 g/mol. The first-order chi connectivity index (χ1) is 10.2. The lowest BCUT2D eigenvalue weighted by molar-refractivity contribution is 0.0989. The summed E-state index contributed by atoms with van der Waals surface area (Å²) in [5, 5.41) is 0. The molecule has 108 valence electrons. The second-order valence-electron chi connectivity index (χ2n) is 4.85. The standard InChI is InChI=1S/C15H16N4O2/c1-21-9-13-17-8-11(14(16)18-13)15(20)19-7-6-10-4-2-3-5-12(10)19/h2-5,8H,6-7,9H2,1H3,(H2,16,17,18). The molecule has 0 fully saturated rings. The molecule has 0 bridgehead atoms. The van der Waals surface area contributed by atoms with Crippen molar-refractivity contribution < 1.29 is 9.53 Å². The molecule has 0 radical (unpaired) electrons. The van der Waals surface area contributed by atoms with E-state index in [1.54, 1.807) is 12.0 Å². The van der Waals surface area contributed by atoms with Crippen LogP contribution in [0, 0.1) is 0 Å². The first-order valence-electron chi connectivity index (χ1n) is 6.71. The molecule has 1 amide bonds. The normalized spacial score (nSPS) is 13.3. The number of carbonyl (C=O) groups excluding carboxylic acids is 1. The lowest BCUT2D eigenvalue weighted by Crippen LogP contribution is -2.30. The van der Waals surface area contributed by atoms with Crippen molar-refractivity contribution in [3.8, 4) is 0 Å². The minimum atomic E-state index is -0.165. The molecule has 0 unspecified atom stereocenters. The number of nitrogens with zero attached hydrogens (tertiary/aromatic N) is 3. The Labute approximate surface area is 122 Å². The highest BCUT2D eigenvalue weighted by atomic mass is 16.5. The molecule has 2 heterocycles. The number of methoxy groups -OCH3 is 1. The fraction of sp³-hybridized carbons (Fsp3) is 0.267. The number of amides is 1. The number of nitrogens with two attached hydrogens (primary N) is 1. The van der Waals surface area contributed by atoms with Gasteiger partial charge in [0, 0.05) is 25.5 Å². The molecule has 3 rings (SSSR count). The van der Waals surface area contributed by atoms with Gasteiger partial charge in [-0.25, -0.2) is 9.97 Å². The van der Waals surface area contributed by atoms with Gasteiger partial charge in [0.25, 0.3) is 5.91 Å². The molecule has 6 heteroatoms. The number of rotatable bonds is 3. The lowest BCUT2D eigenvalue weighted by Gasteiger charge is -2.18. The van der Waals surface area contributed by atoms with Crippen LogP contribution in [-0.4, -0.2) is 29.5 Å². The lowest BCUT2D eigenvalue weighted by atomic mass is 10.2. The average Bonchev–Trinajstić information content (AvgIpc) is 2.91. The maximum absolute atomic E-state index is 12.6. The van der Waals surface area contributed by atoms with Gasteiger partial charge in [-0.15, -0.1) is 0 Å². The van der Waals surface area contributed by atoms with Crippen molar-refractivity contribution in [2.75, 3.05) is 24.3 Å². The largest absolute Gasteiger partial charge is 0.383 e. The van der Waals surface area contributed by atoms with E-state index in [9.17, 15) is 4.79 Å². The van der Waals surface area contributed by atoms with Crippen molar-refractivity contribution in [1.29, 1.82) is 0 Å². The third-order valence-corrected chi connectivity index (χ3v) is 3.50. The SMILES string of the molecule is COCc1ncc(C(=O)N2CCc3ccccc32)c(N)n1. The number of carbonyl (C=O) groups is 1. The van der Waals surface area contributed by atoms with Crippen molar-refractivity contribution in [2.24, 2.45) is 0 Å². The molecule has 0 atom stereocenters. The van der Waals surface area contributed by atoms with Gasteiger partial charge in [-0.1, -0.05) is 18.2 Å².